The van der Waals surface area contributed by atoms with Crippen LogP contribution in [0.2, 0.25) is 0 Å². The molecule has 1 aromatic heterocycles. The van der Waals surface area contributed by atoms with Gasteiger partial charge in [0.2, 0.25) is 0 Å². The summed E-state index contributed by atoms with van der Waals surface area (Å²) in [6.45, 7) is 4.54. The highest BCUT2D eigenvalue weighted by Crippen LogP contribution is 2.37. The molecule has 0 radical (unpaired) electrons. The zero-order chi connectivity index (χ0) is 12.1. The maximum absolute atomic E-state index is 2.42. The summed E-state index contributed by atoms with van der Waals surface area (Å²) in [5, 5.41) is 3.13. The number of benzene rings is 1. The Morgan fingerprint density at radius 1 is 0.941 bits per heavy atom. The molecule has 0 bridgehead atoms. The smallest absolute Gasteiger partial charge is 0.0305 e. The van der Waals surface area contributed by atoms with Gasteiger partial charge in [-0.3, -0.25) is 0 Å². The van der Waals surface area contributed by atoms with E-state index in [-0.39, 0.29) is 0 Å². The van der Waals surface area contributed by atoms with Crippen LogP contribution in [0.15, 0.2) is 36.4 Å². The minimum absolute atomic E-state index is 1.23. The van der Waals surface area contributed by atoms with E-state index in [1.54, 1.807) is 10.9 Å². The molecule has 2 aromatic rings. The van der Waals surface area contributed by atoms with Crippen molar-refractivity contribution in [1.29, 1.82) is 0 Å². The van der Waals surface area contributed by atoms with Crippen LogP contribution in [0.4, 0.5) is 0 Å². The summed E-state index contributed by atoms with van der Waals surface area (Å²) >= 11 is 0. The molecule has 0 atom stereocenters. The number of aryl methyl sites for hydroxylation is 2. The van der Waals surface area contributed by atoms with Gasteiger partial charge in [-0.25, -0.2) is 5.30 Å². The molecule has 0 saturated heterocycles. The summed E-state index contributed by atoms with van der Waals surface area (Å²) in [6.07, 6.45) is 4.99. The highest BCUT2D eigenvalue weighted by molar-refractivity contribution is 7.35. The Morgan fingerprint density at radius 3 is 2.29 bits per heavy atom. The molecule has 1 aromatic carbocycles. The monoisotopic (exact) mass is 243 g/mol. The van der Waals surface area contributed by atoms with E-state index in [0.29, 0.717) is 0 Å². The van der Waals surface area contributed by atoms with Gasteiger partial charge < -0.3 is 8.19 Å². The van der Waals surface area contributed by atoms with Crippen LogP contribution >= 0.6 is 8.19 Å². The van der Waals surface area contributed by atoms with Crippen LogP contribution in [0.5, 0.6) is 0 Å². The van der Waals surface area contributed by atoms with Crippen molar-refractivity contribution < 1.29 is 0 Å². The van der Waals surface area contributed by atoms with Crippen LogP contribution in [0, 0.1) is 0 Å². The molecule has 0 aliphatic carbocycles. The van der Waals surface area contributed by atoms with E-state index in [9.17, 15) is 0 Å². The average Bonchev–Trinajstić information content (AvgIpc) is 2.75. The molecule has 0 saturated carbocycles. The molecule has 90 valence electrons. The van der Waals surface area contributed by atoms with Crippen LogP contribution in [0.1, 0.15) is 37.5 Å². The Hall–Kier alpha value is -1.000. The Bertz CT molecular complexity index is 430. The first-order valence-corrected chi connectivity index (χ1v) is 7.45. The molecular weight excluding hydrogens is 223 g/mol. The molecule has 0 N–H and O–H groups in total. The van der Waals surface area contributed by atoms with Gasteiger partial charge in [0.05, 0.1) is 0 Å². The Balaban J connectivity index is 2.33. The van der Waals surface area contributed by atoms with E-state index < -0.39 is 0 Å². The van der Waals surface area contributed by atoms with E-state index in [1.807, 2.05) is 0 Å². The van der Waals surface area contributed by atoms with Crippen LogP contribution in [-0.4, -0.2) is 0 Å². The van der Waals surface area contributed by atoms with Crippen molar-refractivity contribution in [2.24, 2.45) is 0 Å². The Labute approximate surface area is 106 Å². The van der Waals surface area contributed by atoms with Crippen molar-refractivity contribution in [1.82, 2.24) is 0 Å². The van der Waals surface area contributed by atoms with Crippen molar-refractivity contribution in [3.05, 3.63) is 47.3 Å². The van der Waals surface area contributed by atoms with Crippen molar-refractivity contribution in [2.75, 3.05) is 0 Å². The van der Waals surface area contributed by atoms with E-state index in [2.05, 4.69) is 50.2 Å². The fraction of sp³-hybridized carbons (Fsp3) is 0.375. The second-order valence-corrected chi connectivity index (χ2v) is 5.72. The first-order chi connectivity index (χ1) is 8.35. The summed E-state index contributed by atoms with van der Waals surface area (Å²) in [5.41, 5.74) is 2.98. The van der Waals surface area contributed by atoms with Gasteiger partial charge in [0.25, 0.3) is 0 Å². The summed E-state index contributed by atoms with van der Waals surface area (Å²) in [7, 11) is 1.44. The Morgan fingerprint density at radius 2 is 1.65 bits per heavy atom. The largest absolute Gasteiger partial charge is 0.519 e. The maximum Gasteiger partial charge on any atom is -0.0305 e. The SMILES string of the molecule is CCCc1cc(-c2ccccc2)[p-]c1CCC. The second-order valence-electron chi connectivity index (χ2n) is 4.48. The van der Waals surface area contributed by atoms with Crippen LogP contribution in [0.3, 0.4) is 0 Å². The van der Waals surface area contributed by atoms with Crippen molar-refractivity contribution in [3.63, 3.8) is 0 Å². The second kappa shape index (κ2) is 6.07. The lowest BCUT2D eigenvalue weighted by molar-refractivity contribution is 0.879. The molecule has 2 rings (SSSR count). The predicted molar refractivity (Wildman–Crippen MR) is 78.0 cm³/mol. The fourth-order valence-electron chi connectivity index (χ4n) is 2.19. The average molecular weight is 243 g/mol. The third kappa shape index (κ3) is 3.01. The fourth-order valence-corrected chi connectivity index (χ4v) is 3.64. The van der Waals surface area contributed by atoms with Gasteiger partial charge in [0.1, 0.15) is 0 Å². The predicted octanol–water partition coefficient (Wildman–Crippen LogP) is 5.56. The van der Waals surface area contributed by atoms with E-state index in [0.717, 1.165) is 0 Å². The molecular formula is C16H20P-. The molecule has 0 unspecified atom stereocenters. The molecule has 0 fully saturated rings. The molecule has 1 heteroatoms. The van der Waals surface area contributed by atoms with Crippen LogP contribution in [0.25, 0.3) is 10.9 Å². The van der Waals surface area contributed by atoms with Gasteiger partial charge in [0.15, 0.2) is 0 Å². The molecule has 0 nitrogen and oxygen atoms in total. The first kappa shape index (κ1) is 12.5. The van der Waals surface area contributed by atoms with Gasteiger partial charge in [-0.1, -0.05) is 80.6 Å². The summed E-state index contributed by atoms with van der Waals surface area (Å²) in [4.78, 5) is 0. The zero-order valence-electron chi connectivity index (χ0n) is 10.7. The van der Waals surface area contributed by atoms with Crippen LogP contribution in [-0.2, 0) is 12.8 Å². The molecule has 0 aliphatic rings. The lowest BCUT2D eigenvalue weighted by Gasteiger charge is -2.10. The number of hydrogen-bond acceptors (Lipinski definition) is 0. The highest BCUT2D eigenvalue weighted by Gasteiger charge is 1.98. The Kier molecular flexibility index (Phi) is 4.45. The van der Waals surface area contributed by atoms with Crippen molar-refractivity contribution >= 4 is 8.19 Å². The third-order valence-corrected chi connectivity index (χ3v) is 4.42. The van der Waals surface area contributed by atoms with E-state index >= 15 is 0 Å². The van der Waals surface area contributed by atoms with Crippen molar-refractivity contribution in [3.8, 4) is 10.9 Å². The summed E-state index contributed by atoms with van der Waals surface area (Å²) in [5.74, 6) is 0. The number of rotatable bonds is 5. The molecule has 0 spiro atoms. The zero-order valence-corrected chi connectivity index (χ0v) is 11.6. The highest BCUT2D eigenvalue weighted by atomic mass is 31.0. The molecule has 17 heavy (non-hydrogen) atoms. The van der Waals surface area contributed by atoms with Gasteiger partial charge in [-0.2, -0.15) is 5.30 Å². The van der Waals surface area contributed by atoms with E-state index in [1.165, 1.54) is 44.7 Å². The quantitative estimate of drug-likeness (QED) is 0.645. The number of hydrogen-bond donors (Lipinski definition) is 0. The topological polar surface area (TPSA) is 0 Å². The molecule has 1 heterocycles. The summed E-state index contributed by atoms with van der Waals surface area (Å²) < 4.78 is 0. The van der Waals surface area contributed by atoms with Gasteiger partial charge >= 0.3 is 0 Å². The van der Waals surface area contributed by atoms with E-state index in [4.69, 9.17) is 0 Å². The standard InChI is InChI=1S/C16H20P/c1-3-8-14-12-16(17-15(14)9-4-2)13-10-6-5-7-11-13/h5-7,10-12H,3-4,8-9H2,1-2H3/q-1. The minimum Gasteiger partial charge on any atom is -0.519 e. The van der Waals surface area contributed by atoms with Gasteiger partial charge in [-0.05, 0) is 6.42 Å². The third-order valence-electron chi connectivity index (χ3n) is 3.01. The maximum atomic E-state index is 2.42. The first-order valence-electron chi connectivity index (χ1n) is 6.56. The minimum atomic E-state index is 1.23. The molecule has 0 amide bonds. The van der Waals surface area contributed by atoms with Gasteiger partial charge in [-0.15, -0.1) is 0 Å². The normalized spacial score (nSPS) is 11.2. The lowest BCUT2D eigenvalue weighted by atomic mass is 10.1. The van der Waals surface area contributed by atoms with Crippen molar-refractivity contribution in [2.45, 2.75) is 39.5 Å². The van der Waals surface area contributed by atoms with Crippen LogP contribution < -0.4 is 0 Å². The van der Waals surface area contributed by atoms with Gasteiger partial charge in [0, 0.05) is 0 Å². The molecule has 0 aliphatic heterocycles. The summed E-state index contributed by atoms with van der Waals surface area (Å²) in [6, 6.07) is 13.2. The lowest BCUT2D eigenvalue weighted by Crippen LogP contribution is -1.86.